The predicted octanol–water partition coefficient (Wildman–Crippen LogP) is 1.16. The molecule has 44 valence electrons. The molecule has 7 heavy (non-hydrogen) atoms. The van der Waals surface area contributed by atoms with E-state index in [2.05, 4.69) is 0 Å². The summed E-state index contributed by atoms with van der Waals surface area (Å²) in [6, 6.07) is 0. The first-order chi connectivity index (χ1) is 2.94. The Bertz CT molecular complexity index is 53.6. The zero-order chi connectivity index (χ0) is 6.08. The van der Waals surface area contributed by atoms with Crippen LogP contribution in [0.15, 0.2) is 0 Å². The first kappa shape index (κ1) is 7.31. The first-order valence-electron chi connectivity index (χ1n) is 2.28. The minimum atomic E-state index is -0.683. The molecule has 0 aromatic heterocycles. The zero-order valence-corrected chi connectivity index (χ0v) is 6.13. The van der Waals surface area contributed by atoms with Crippen LogP contribution in [0.2, 0.25) is 0 Å². The van der Waals surface area contributed by atoms with Crippen LogP contribution in [0.1, 0.15) is 20.8 Å². The highest BCUT2D eigenvalue weighted by Crippen LogP contribution is 2.11. The maximum absolute atomic E-state index is 10.6. The van der Waals surface area contributed by atoms with Gasteiger partial charge in [-0.1, -0.05) is 11.2 Å². The summed E-state index contributed by atoms with van der Waals surface area (Å²) in [5, 5.41) is 0. The summed E-state index contributed by atoms with van der Waals surface area (Å²) in [5.74, 6) is 0. The van der Waals surface area contributed by atoms with Crippen molar-refractivity contribution in [1.29, 1.82) is 0 Å². The van der Waals surface area contributed by atoms with E-state index < -0.39 is 11.2 Å². The molecule has 1 nitrogen and oxygen atoms in total. The van der Waals surface area contributed by atoms with Gasteiger partial charge in [-0.25, -0.2) is 0 Å². The van der Waals surface area contributed by atoms with Gasteiger partial charge in [0, 0.05) is 0 Å². The van der Waals surface area contributed by atoms with Crippen molar-refractivity contribution in [2.24, 2.45) is 0 Å². The second kappa shape index (κ2) is 2.05. The van der Waals surface area contributed by atoms with Gasteiger partial charge in [0.2, 0.25) is 0 Å². The highest BCUT2D eigenvalue weighted by Gasteiger charge is 2.19. The fraction of sp³-hybridized carbons (Fsp3) is 1.00. The molecule has 2 heteroatoms. The molecule has 0 aliphatic heterocycles. The monoisotopic (exact) mass is 120 g/mol. The van der Waals surface area contributed by atoms with E-state index in [1.54, 1.807) is 6.26 Å². The van der Waals surface area contributed by atoms with Gasteiger partial charge in [-0.3, -0.25) is 0 Å². The van der Waals surface area contributed by atoms with Crippen molar-refractivity contribution in [2.75, 3.05) is 6.26 Å². The second-order valence-electron chi connectivity index (χ2n) is 2.57. The molecule has 0 fully saturated rings. The fourth-order valence-corrected chi connectivity index (χ4v) is 0. The molecule has 0 rings (SSSR count). The Morgan fingerprint density at radius 1 is 1.29 bits per heavy atom. The fourth-order valence-electron chi connectivity index (χ4n) is 0. The average Bonchev–Trinajstić information content (AvgIpc) is 1.31. The molecule has 0 heterocycles. The van der Waals surface area contributed by atoms with Crippen molar-refractivity contribution in [1.82, 2.24) is 0 Å². The Kier molecular flexibility index (Phi) is 2.14. The van der Waals surface area contributed by atoms with E-state index in [0.29, 0.717) is 0 Å². The quantitative estimate of drug-likeness (QED) is 0.440. The molecule has 0 spiro atoms. The third kappa shape index (κ3) is 2.94. The topological polar surface area (TPSA) is 23.1 Å². The SMILES string of the molecule is C[S@@+]([O-])C(C)(C)C. The molecule has 0 aliphatic carbocycles. The third-order valence-electron chi connectivity index (χ3n) is 0.862. The van der Waals surface area contributed by atoms with E-state index in [-0.39, 0.29) is 4.75 Å². The van der Waals surface area contributed by atoms with Crippen LogP contribution in [0.25, 0.3) is 0 Å². The van der Waals surface area contributed by atoms with E-state index in [1.165, 1.54) is 0 Å². The highest BCUT2D eigenvalue weighted by atomic mass is 32.2. The molecule has 1 atom stereocenters. The summed E-state index contributed by atoms with van der Waals surface area (Å²) in [6.07, 6.45) is 1.72. The van der Waals surface area contributed by atoms with Crippen molar-refractivity contribution in [2.45, 2.75) is 25.5 Å². The van der Waals surface area contributed by atoms with Gasteiger partial charge in [0.05, 0.1) is 6.26 Å². The molecular formula is C5H12OS. The molecule has 0 aromatic rings. The van der Waals surface area contributed by atoms with Gasteiger partial charge in [0.1, 0.15) is 4.75 Å². The van der Waals surface area contributed by atoms with Gasteiger partial charge in [0.15, 0.2) is 0 Å². The largest absolute Gasteiger partial charge is 0.616 e. The van der Waals surface area contributed by atoms with Gasteiger partial charge in [-0.05, 0) is 20.8 Å². The Labute approximate surface area is 48.3 Å². The summed E-state index contributed by atoms with van der Waals surface area (Å²) >= 11 is -0.683. The molecule has 0 radical (unpaired) electrons. The standard InChI is InChI=1S/C5H12OS/c1-5(2,3)7(4)6/h1-4H3/t7-/m1/s1. The van der Waals surface area contributed by atoms with Crippen LogP contribution in [-0.2, 0) is 11.2 Å². The Balaban J connectivity index is 3.54. The maximum Gasteiger partial charge on any atom is 0.117 e. The van der Waals surface area contributed by atoms with Gasteiger partial charge >= 0.3 is 0 Å². The van der Waals surface area contributed by atoms with Crippen LogP contribution in [0, 0.1) is 0 Å². The predicted molar refractivity (Wildman–Crippen MR) is 33.8 cm³/mol. The molecule has 0 amide bonds. The van der Waals surface area contributed by atoms with E-state index in [9.17, 15) is 4.55 Å². The summed E-state index contributed by atoms with van der Waals surface area (Å²) in [7, 11) is 0. The zero-order valence-electron chi connectivity index (χ0n) is 5.32. The van der Waals surface area contributed by atoms with Crippen molar-refractivity contribution in [3.8, 4) is 0 Å². The molecule has 0 saturated heterocycles. The number of hydrogen-bond acceptors (Lipinski definition) is 1. The number of rotatable bonds is 0. The van der Waals surface area contributed by atoms with Gasteiger partial charge < -0.3 is 4.55 Å². The summed E-state index contributed by atoms with van der Waals surface area (Å²) in [4.78, 5) is 0. The molecular weight excluding hydrogens is 108 g/mol. The first-order valence-corrected chi connectivity index (χ1v) is 3.84. The lowest BCUT2D eigenvalue weighted by atomic mass is 10.3. The van der Waals surface area contributed by atoms with Crippen molar-refractivity contribution >= 4 is 11.2 Å². The Morgan fingerprint density at radius 2 is 1.43 bits per heavy atom. The summed E-state index contributed by atoms with van der Waals surface area (Å²) < 4.78 is 10.5. The molecule has 0 saturated carbocycles. The van der Waals surface area contributed by atoms with Gasteiger partial charge in [-0.2, -0.15) is 0 Å². The summed E-state index contributed by atoms with van der Waals surface area (Å²) in [6.45, 7) is 5.88. The van der Waals surface area contributed by atoms with Crippen molar-refractivity contribution in [3.63, 3.8) is 0 Å². The van der Waals surface area contributed by atoms with E-state index in [1.807, 2.05) is 20.8 Å². The average molecular weight is 120 g/mol. The third-order valence-corrected chi connectivity index (χ3v) is 2.59. The van der Waals surface area contributed by atoms with Crippen molar-refractivity contribution < 1.29 is 4.55 Å². The lowest BCUT2D eigenvalue weighted by Gasteiger charge is -2.19. The van der Waals surface area contributed by atoms with Crippen LogP contribution < -0.4 is 0 Å². The van der Waals surface area contributed by atoms with E-state index >= 15 is 0 Å². The Hall–Kier alpha value is 0.310. The lowest BCUT2D eigenvalue weighted by Crippen LogP contribution is -2.26. The highest BCUT2D eigenvalue weighted by molar-refractivity contribution is 7.92. The number of hydrogen-bond donors (Lipinski definition) is 0. The molecule has 0 aliphatic rings. The molecule has 0 bridgehead atoms. The second-order valence-corrected chi connectivity index (χ2v) is 4.70. The van der Waals surface area contributed by atoms with Gasteiger partial charge in [0.25, 0.3) is 0 Å². The molecule has 0 aromatic carbocycles. The van der Waals surface area contributed by atoms with Crippen LogP contribution in [0.3, 0.4) is 0 Å². The summed E-state index contributed by atoms with van der Waals surface area (Å²) in [5.41, 5.74) is 0. The van der Waals surface area contributed by atoms with Crippen LogP contribution in [-0.4, -0.2) is 15.6 Å². The van der Waals surface area contributed by atoms with Crippen molar-refractivity contribution in [3.05, 3.63) is 0 Å². The Morgan fingerprint density at radius 3 is 1.43 bits per heavy atom. The molecule has 0 unspecified atom stereocenters. The van der Waals surface area contributed by atoms with E-state index in [4.69, 9.17) is 0 Å². The van der Waals surface area contributed by atoms with Gasteiger partial charge in [-0.15, -0.1) is 0 Å². The smallest absolute Gasteiger partial charge is 0.117 e. The maximum atomic E-state index is 10.6. The molecule has 0 N–H and O–H groups in total. The lowest BCUT2D eigenvalue weighted by molar-refractivity contribution is 0.566. The minimum absolute atomic E-state index is 0.0278. The normalized spacial score (nSPS) is 16.7. The van der Waals surface area contributed by atoms with E-state index in [0.717, 1.165) is 0 Å². The minimum Gasteiger partial charge on any atom is -0.616 e. The van der Waals surface area contributed by atoms with Crippen LogP contribution in [0.4, 0.5) is 0 Å². The van der Waals surface area contributed by atoms with Crippen LogP contribution in [0.5, 0.6) is 0 Å². The van der Waals surface area contributed by atoms with Crippen LogP contribution >= 0.6 is 0 Å².